The second-order valence-corrected chi connectivity index (χ2v) is 12.7. The molecule has 1 fully saturated rings. The molecule has 2 aromatic carbocycles. The number of carbonyl (C=O) groups excluding carboxylic acids is 1. The molecule has 232 valence electrons. The van der Waals surface area contributed by atoms with Crippen LogP contribution in [-0.4, -0.2) is 71.3 Å². The molecule has 0 bridgehead atoms. The number of anilines is 1. The predicted octanol–water partition coefficient (Wildman–Crippen LogP) is 6.19. The second-order valence-electron chi connectivity index (χ2n) is 11.2. The molecule has 0 aliphatic carbocycles. The second kappa shape index (κ2) is 11.4. The number of methoxy groups -OCH3 is 1. The Morgan fingerprint density at radius 1 is 1.07 bits per heavy atom. The third kappa shape index (κ3) is 6.14. The topological polar surface area (TPSA) is 76.9 Å². The minimum absolute atomic E-state index is 0.00691. The van der Waals surface area contributed by atoms with Gasteiger partial charge in [-0.2, -0.15) is 18.2 Å². The highest BCUT2D eigenvalue weighted by Crippen LogP contribution is 2.49. The summed E-state index contributed by atoms with van der Waals surface area (Å²) >= 11 is 6.88. The molecule has 0 radical (unpaired) electrons. The van der Waals surface area contributed by atoms with E-state index in [9.17, 15) is 27.2 Å². The summed E-state index contributed by atoms with van der Waals surface area (Å²) in [5, 5.41) is -0.532. The van der Waals surface area contributed by atoms with Gasteiger partial charge in [0, 0.05) is 66.5 Å². The van der Waals surface area contributed by atoms with E-state index in [-0.39, 0.29) is 60.1 Å². The molecule has 0 saturated carbocycles. The van der Waals surface area contributed by atoms with Crippen LogP contribution in [0.1, 0.15) is 26.3 Å². The van der Waals surface area contributed by atoms with Crippen molar-refractivity contribution in [1.82, 2.24) is 14.5 Å². The number of halogens is 6. The van der Waals surface area contributed by atoms with Gasteiger partial charge in [0.05, 0.1) is 28.8 Å². The lowest BCUT2D eigenvalue weighted by atomic mass is 9.95. The smallest absolute Gasteiger partial charge is 0.417 e. The molecule has 1 saturated heterocycles. The predicted molar refractivity (Wildman–Crippen MR) is 153 cm³/mol. The third-order valence-corrected chi connectivity index (χ3v) is 8.66. The van der Waals surface area contributed by atoms with Crippen LogP contribution in [0.15, 0.2) is 27.9 Å². The fourth-order valence-electron chi connectivity index (χ4n) is 5.15. The van der Waals surface area contributed by atoms with Crippen LogP contribution in [0.25, 0.3) is 22.0 Å². The number of ether oxygens (including phenoxy) is 2. The van der Waals surface area contributed by atoms with E-state index >= 15 is 4.39 Å². The number of piperazine rings is 1. The van der Waals surface area contributed by atoms with Gasteiger partial charge >= 0.3 is 18.0 Å². The van der Waals surface area contributed by atoms with Crippen molar-refractivity contribution in [2.45, 2.75) is 50.1 Å². The number of thioether (sulfide) groups is 1. The van der Waals surface area contributed by atoms with Crippen LogP contribution < -0.4 is 10.6 Å². The highest BCUT2D eigenvalue weighted by atomic mass is 35.5. The SMILES string of the molecule is CO[C@@H]1CSc2c(-c3cc(Cl)c(F)cc3F)c(C(F)(F)F)cc3c(N4CCN(C(=O)OC(C)(C)C)CC4)nc(=O)n(c23)C1. The van der Waals surface area contributed by atoms with Gasteiger partial charge in [-0.05, 0) is 32.9 Å². The van der Waals surface area contributed by atoms with Gasteiger partial charge in [0.1, 0.15) is 23.1 Å². The lowest BCUT2D eigenvalue weighted by Crippen LogP contribution is -2.50. The molecule has 0 N–H and O–H groups in total. The molecule has 2 aliphatic heterocycles. The minimum atomic E-state index is -4.98. The largest absolute Gasteiger partial charge is 0.444 e. The zero-order valence-corrected chi connectivity index (χ0v) is 25.2. The molecule has 3 heterocycles. The van der Waals surface area contributed by atoms with Crippen LogP contribution in [0.4, 0.5) is 32.6 Å². The van der Waals surface area contributed by atoms with E-state index in [0.29, 0.717) is 6.07 Å². The van der Waals surface area contributed by atoms with Crippen LogP contribution >= 0.6 is 23.4 Å². The normalized spacial score (nSPS) is 17.8. The quantitative estimate of drug-likeness (QED) is 0.248. The summed E-state index contributed by atoms with van der Waals surface area (Å²) in [5.41, 5.74) is -3.62. The molecular weight excluding hydrogens is 619 g/mol. The Labute approximate surface area is 252 Å². The maximum absolute atomic E-state index is 15.2. The van der Waals surface area contributed by atoms with Gasteiger partial charge in [-0.15, -0.1) is 11.8 Å². The van der Waals surface area contributed by atoms with Crippen molar-refractivity contribution in [2.75, 3.05) is 43.9 Å². The molecule has 8 nitrogen and oxygen atoms in total. The van der Waals surface area contributed by atoms with Crippen molar-refractivity contribution in [3.63, 3.8) is 0 Å². The molecule has 5 rings (SSSR count). The van der Waals surface area contributed by atoms with Crippen molar-refractivity contribution in [1.29, 1.82) is 0 Å². The molecule has 1 amide bonds. The van der Waals surface area contributed by atoms with Gasteiger partial charge in [0.2, 0.25) is 0 Å². The van der Waals surface area contributed by atoms with Crippen molar-refractivity contribution in [3.05, 3.63) is 50.9 Å². The van der Waals surface area contributed by atoms with Gasteiger partial charge < -0.3 is 19.3 Å². The average Bonchev–Trinajstić information content (AvgIpc) is 3.12. The summed E-state index contributed by atoms with van der Waals surface area (Å²) in [6.45, 7) is 5.89. The van der Waals surface area contributed by atoms with Gasteiger partial charge in [-0.3, -0.25) is 4.57 Å². The van der Waals surface area contributed by atoms with Crippen molar-refractivity contribution < 1.29 is 36.2 Å². The minimum Gasteiger partial charge on any atom is -0.444 e. The number of nitrogens with zero attached hydrogens (tertiary/aromatic N) is 4. The molecule has 1 atom stereocenters. The first-order valence-electron chi connectivity index (χ1n) is 13.3. The molecule has 3 aromatic rings. The van der Waals surface area contributed by atoms with Crippen LogP contribution in [-0.2, 0) is 22.2 Å². The number of hydrogen-bond donors (Lipinski definition) is 0. The number of rotatable bonds is 3. The van der Waals surface area contributed by atoms with Crippen LogP contribution in [0.5, 0.6) is 0 Å². The Kier molecular flexibility index (Phi) is 8.33. The standard InChI is InChI=1S/C28H28ClF5N4O4S/c1-27(2,3)42-26(40)37-7-5-36(6-8-37)24-16-9-17(28(32,33)34)21(15-10-18(29)20(31)11-19(15)30)23-22(16)38(25(39)35-24)12-14(41-4)13-43-23/h9-11,14H,5-8,12-13H2,1-4H3/t14-/m0/s1. The van der Waals surface area contributed by atoms with E-state index < -0.39 is 63.0 Å². The Morgan fingerprint density at radius 2 is 1.74 bits per heavy atom. The number of amides is 1. The fourth-order valence-corrected chi connectivity index (χ4v) is 6.63. The van der Waals surface area contributed by atoms with Crippen LogP contribution in [0.2, 0.25) is 5.02 Å². The molecule has 43 heavy (non-hydrogen) atoms. The first-order chi connectivity index (χ1) is 20.1. The van der Waals surface area contributed by atoms with Crippen LogP contribution in [0, 0.1) is 11.6 Å². The summed E-state index contributed by atoms with van der Waals surface area (Å²) in [6, 6.07) is 2.10. The summed E-state index contributed by atoms with van der Waals surface area (Å²) < 4.78 is 85.6. The van der Waals surface area contributed by atoms with Crippen molar-refractivity contribution in [2.24, 2.45) is 0 Å². The van der Waals surface area contributed by atoms with Gasteiger partial charge in [-0.1, -0.05) is 11.6 Å². The molecule has 1 aromatic heterocycles. The van der Waals surface area contributed by atoms with Gasteiger partial charge in [0.15, 0.2) is 0 Å². The fraction of sp³-hybridized carbons (Fsp3) is 0.464. The van der Waals surface area contributed by atoms with Gasteiger partial charge in [0.25, 0.3) is 0 Å². The first kappa shape index (κ1) is 31.3. The zero-order chi connectivity index (χ0) is 31.4. The molecule has 15 heteroatoms. The highest BCUT2D eigenvalue weighted by molar-refractivity contribution is 7.99. The van der Waals surface area contributed by atoms with Crippen molar-refractivity contribution >= 4 is 46.2 Å². The molecule has 0 spiro atoms. The van der Waals surface area contributed by atoms with E-state index in [4.69, 9.17) is 21.1 Å². The number of aromatic nitrogens is 2. The number of alkyl halides is 3. The maximum Gasteiger partial charge on any atom is 0.417 e. The Bertz CT molecular complexity index is 1650. The van der Waals surface area contributed by atoms with E-state index in [0.717, 1.165) is 23.9 Å². The summed E-state index contributed by atoms with van der Waals surface area (Å²) in [4.78, 5) is 33.3. The molecule has 0 unspecified atom stereocenters. The highest BCUT2D eigenvalue weighted by Gasteiger charge is 2.39. The summed E-state index contributed by atoms with van der Waals surface area (Å²) in [7, 11) is 1.41. The van der Waals surface area contributed by atoms with Gasteiger partial charge in [-0.25, -0.2) is 18.4 Å². The van der Waals surface area contributed by atoms with Crippen molar-refractivity contribution in [3.8, 4) is 11.1 Å². The number of carbonyl (C=O) groups is 1. The third-order valence-electron chi connectivity index (χ3n) is 7.15. The Morgan fingerprint density at radius 3 is 2.35 bits per heavy atom. The molecular formula is C28H28ClF5N4O4S. The molecule has 2 aliphatic rings. The Hall–Kier alpha value is -3.10. The van der Waals surface area contributed by atoms with E-state index in [2.05, 4.69) is 4.98 Å². The van der Waals surface area contributed by atoms with E-state index in [1.165, 1.54) is 16.6 Å². The van der Waals surface area contributed by atoms with Crippen LogP contribution in [0.3, 0.4) is 0 Å². The van der Waals surface area contributed by atoms with E-state index in [1.807, 2.05) is 0 Å². The summed E-state index contributed by atoms with van der Waals surface area (Å²) in [6.07, 6.45) is -6.08. The first-order valence-corrected chi connectivity index (χ1v) is 14.7. The number of benzene rings is 2. The zero-order valence-electron chi connectivity index (χ0n) is 23.6. The lowest BCUT2D eigenvalue weighted by molar-refractivity contribution is -0.137. The maximum atomic E-state index is 15.2. The number of hydrogen-bond acceptors (Lipinski definition) is 7. The lowest BCUT2D eigenvalue weighted by Gasteiger charge is -2.36. The Balaban J connectivity index is 1.73. The van der Waals surface area contributed by atoms with E-state index in [1.54, 1.807) is 25.7 Å². The summed E-state index contributed by atoms with van der Waals surface area (Å²) in [5.74, 6) is -2.21. The monoisotopic (exact) mass is 646 g/mol. The average molecular weight is 647 g/mol.